The zero-order valence-corrected chi connectivity index (χ0v) is 20.2. The van der Waals surface area contributed by atoms with Gasteiger partial charge in [0.25, 0.3) is 0 Å². The van der Waals surface area contributed by atoms with Crippen molar-refractivity contribution >= 4 is 33.6 Å². The van der Waals surface area contributed by atoms with Crippen molar-refractivity contribution in [1.29, 1.82) is 0 Å². The molecule has 3 rings (SSSR count). The second kappa shape index (κ2) is 12.6. The van der Waals surface area contributed by atoms with Crippen LogP contribution in [0.3, 0.4) is 0 Å². The van der Waals surface area contributed by atoms with Crippen LogP contribution < -0.4 is 10.6 Å². The van der Waals surface area contributed by atoms with E-state index in [-0.39, 0.29) is 12.0 Å². The molecule has 6 nitrogen and oxygen atoms in total. The summed E-state index contributed by atoms with van der Waals surface area (Å²) in [6.45, 7) is 2.28. The fourth-order valence-electron chi connectivity index (χ4n) is 4.25. The number of esters is 1. The second-order valence-corrected chi connectivity index (χ2v) is 8.98. The fourth-order valence-corrected chi connectivity index (χ4v) is 4.52. The van der Waals surface area contributed by atoms with Crippen LogP contribution in [0.4, 0.5) is 10.5 Å². The van der Waals surface area contributed by atoms with Crippen LogP contribution in [0.2, 0.25) is 0 Å². The Morgan fingerprint density at radius 1 is 1.09 bits per heavy atom. The van der Waals surface area contributed by atoms with Crippen LogP contribution in [0.15, 0.2) is 53.0 Å². The van der Waals surface area contributed by atoms with Gasteiger partial charge in [-0.2, -0.15) is 0 Å². The van der Waals surface area contributed by atoms with Crippen LogP contribution in [0.5, 0.6) is 0 Å². The minimum atomic E-state index is -0.201. The standard InChI is InChI=1S/C25H32BrN3O3/c1-32-24(30)11-5-17-29(23-10-4-8-19-7-2-3-9-22(19)23)18-6-16-27-25(31)28-21-14-12-20(26)13-15-21/h2-3,7,9,12-15,23H,4-6,8,10-11,16-18H2,1H3,(H2,27,28,31). The lowest BCUT2D eigenvalue weighted by Gasteiger charge is -2.36. The number of anilines is 1. The molecule has 0 heterocycles. The molecule has 0 saturated heterocycles. The number of halogens is 1. The van der Waals surface area contributed by atoms with Gasteiger partial charge in [0, 0.05) is 35.7 Å². The van der Waals surface area contributed by atoms with Crippen LogP contribution in [0, 0.1) is 0 Å². The molecule has 1 aliphatic carbocycles. The van der Waals surface area contributed by atoms with Crippen molar-refractivity contribution in [2.24, 2.45) is 0 Å². The van der Waals surface area contributed by atoms with Gasteiger partial charge in [0.15, 0.2) is 0 Å². The molecule has 0 radical (unpaired) electrons. The number of hydrogen-bond donors (Lipinski definition) is 2. The number of fused-ring (bicyclic) bond motifs is 1. The van der Waals surface area contributed by atoms with Crippen molar-refractivity contribution in [2.75, 3.05) is 32.1 Å². The number of ether oxygens (including phenoxy) is 1. The van der Waals surface area contributed by atoms with Crippen LogP contribution in [0.1, 0.15) is 49.3 Å². The molecule has 2 amide bonds. The van der Waals surface area contributed by atoms with Gasteiger partial charge in [-0.15, -0.1) is 0 Å². The van der Waals surface area contributed by atoms with Gasteiger partial charge in [-0.25, -0.2) is 4.79 Å². The maximum Gasteiger partial charge on any atom is 0.319 e. The summed E-state index contributed by atoms with van der Waals surface area (Å²) in [7, 11) is 1.43. The highest BCUT2D eigenvalue weighted by Gasteiger charge is 2.25. The van der Waals surface area contributed by atoms with Crippen LogP contribution in [-0.4, -0.2) is 43.6 Å². The molecule has 0 aromatic heterocycles. The fraction of sp³-hybridized carbons (Fsp3) is 0.440. The first-order chi connectivity index (χ1) is 15.6. The first-order valence-corrected chi connectivity index (χ1v) is 12.0. The number of urea groups is 1. The second-order valence-electron chi connectivity index (χ2n) is 8.06. The number of benzene rings is 2. The molecule has 1 atom stereocenters. The highest BCUT2D eigenvalue weighted by Crippen LogP contribution is 2.34. The third kappa shape index (κ3) is 7.35. The van der Waals surface area contributed by atoms with Gasteiger partial charge in [-0.05, 0) is 74.0 Å². The molecular formula is C25H32BrN3O3. The van der Waals surface area contributed by atoms with Crippen molar-refractivity contribution in [3.05, 3.63) is 64.1 Å². The smallest absolute Gasteiger partial charge is 0.319 e. The number of carbonyl (C=O) groups is 2. The Morgan fingerprint density at radius 3 is 2.62 bits per heavy atom. The van der Waals surface area contributed by atoms with Crippen molar-refractivity contribution in [2.45, 2.75) is 44.6 Å². The van der Waals surface area contributed by atoms with E-state index in [0.29, 0.717) is 19.0 Å². The number of hydrogen-bond acceptors (Lipinski definition) is 4. The van der Waals surface area contributed by atoms with E-state index in [1.807, 2.05) is 24.3 Å². The van der Waals surface area contributed by atoms with Gasteiger partial charge in [-0.1, -0.05) is 40.2 Å². The molecular weight excluding hydrogens is 470 g/mol. The molecule has 172 valence electrons. The van der Waals surface area contributed by atoms with Crippen molar-refractivity contribution in [1.82, 2.24) is 10.2 Å². The first kappa shape index (κ1) is 24.3. The molecule has 0 fully saturated rings. The summed E-state index contributed by atoms with van der Waals surface area (Å²) in [6.07, 6.45) is 5.44. The molecule has 0 aliphatic heterocycles. The number of carbonyl (C=O) groups excluding carboxylic acids is 2. The Hall–Kier alpha value is -2.38. The summed E-state index contributed by atoms with van der Waals surface area (Å²) in [5.74, 6) is -0.166. The SMILES string of the molecule is COC(=O)CCCN(CCCNC(=O)Nc1ccc(Br)cc1)C1CCCc2ccccc21. The average molecular weight is 502 g/mol. The van der Waals surface area contributed by atoms with Crippen molar-refractivity contribution < 1.29 is 14.3 Å². The number of nitrogens with one attached hydrogen (secondary N) is 2. The zero-order chi connectivity index (χ0) is 22.8. The molecule has 7 heteroatoms. The van der Waals surface area contributed by atoms with E-state index >= 15 is 0 Å². The Balaban J connectivity index is 1.52. The van der Waals surface area contributed by atoms with Gasteiger partial charge in [-0.3, -0.25) is 9.69 Å². The van der Waals surface area contributed by atoms with E-state index in [9.17, 15) is 9.59 Å². The van der Waals surface area contributed by atoms with Gasteiger partial charge in [0.05, 0.1) is 7.11 Å². The van der Waals surface area contributed by atoms with E-state index in [2.05, 4.69) is 55.7 Å². The van der Waals surface area contributed by atoms with Gasteiger partial charge < -0.3 is 15.4 Å². The molecule has 2 N–H and O–H groups in total. The molecule has 0 spiro atoms. The summed E-state index contributed by atoms with van der Waals surface area (Å²) in [4.78, 5) is 26.2. The number of rotatable bonds is 10. The minimum Gasteiger partial charge on any atom is -0.469 e. The Bertz CT molecular complexity index is 888. The third-order valence-electron chi connectivity index (χ3n) is 5.84. The predicted octanol–water partition coefficient (Wildman–Crippen LogP) is 5.29. The highest BCUT2D eigenvalue weighted by atomic mass is 79.9. The molecule has 0 bridgehead atoms. The summed E-state index contributed by atoms with van der Waals surface area (Å²) >= 11 is 3.39. The summed E-state index contributed by atoms with van der Waals surface area (Å²) < 4.78 is 5.77. The maximum absolute atomic E-state index is 12.2. The zero-order valence-electron chi connectivity index (χ0n) is 18.6. The van der Waals surface area contributed by atoms with Gasteiger partial charge >= 0.3 is 12.0 Å². The van der Waals surface area contributed by atoms with Crippen molar-refractivity contribution in [3.63, 3.8) is 0 Å². The van der Waals surface area contributed by atoms with E-state index in [4.69, 9.17) is 4.74 Å². The molecule has 2 aromatic rings. The third-order valence-corrected chi connectivity index (χ3v) is 6.37. The quantitative estimate of drug-likeness (QED) is 0.342. The van der Waals surface area contributed by atoms with E-state index < -0.39 is 0 Å². The largest absolute Gasteiger partial charge is 0.469 e. The molecule has 32 heavy (non-hydrogen) atoms. The summed E-state index contributed by atoms with van der Waals surface area (Å²) in [5, 5.41) is 5.80. The summed E-state index contributed by atoms with van der Waals surface area (Å²) in [6, 6.07) is 16.3. The average Bonchev–Trinajstić information content (AvgIpc) is 2.81. The van der Waals surface area contributed by atoms with Crippen LogP contribution in [0.25, 0.3) is 0 Å². The monoisotopic (exact) mass is 501 g/mol. The molecule has 1 aliphatic rings. The maximum atomic E-state index is 12.2. The Morgan fingerprint density at radius 2 is 1.84 bits per heavy atom. The number of nitrogens with zero attached hydrogens (tertiary/aromatic N) is 1. The van der Waals surface area contributed by atoms with Gasteiger partial charge in [0.2, 0.25) is 0 Å². The van der Waals surface area contributed by atoms with Crippen LogP contribution in [-0.2, 0) is 16.0 Å². The predicted molar refractivity (Wildman–Crippen MR) is 131 cm³/mol. The lowest BCUT2D eigenvalue weighted by atomic mass is 9.86. The molecule has 0 saturated carbocycles. The van der Waals surface area contributed by atoms with E-state index in [0.717, 1.165) is 48.9 Å². The number of methoxy groups -OCH3 is 1. The first-order valence-electron chi connectivity index (χ1n) is 11.3. The normalized spacial score (nSPS) is 15.2. The van der Waals surface area contributed by atoms with Crippen molar-refractivity contribution in [3.8, 4) is 0 Å². The lowest BCUT2D eigenvalue weighted by Crippen LogP contribution is -2.36. The summed E-state index contributed by atoms with van der Waals surface area (Å²) in [5.41, 5.74) is 3.58. The minimum absolute atomic E-state index is 0.166. The van der Waals surface area contributed by atoms with Gasteiger partial charge in [0.1, 0.15) is 0 Å². The highest BCUT2D eigenvalue weighted by molar-refractivity contribution is 9.10. The Labute approximate surface area is 198 Å². The topological polar surface area (TPSA) is 70.7 Å². The van der Waals surface area contributed by atoms with E-state index in [1.165, 1.54) is 24.7 Å². The molecule has 1 unspecified atom stereocenters. The number of aryl methyl sites for hydroxylation is 1. The van der Waals surface area contributed by atoms with E-state index in [1.54, 1.807) is 0 Å². The Kier molecular flexibility index (Phi) is 9.56. The number of amides is 2. The lowest BCUT2D eigenvalue weighted by molar-refractivity contribution is -0.140. The molecule has 2 aromatic carbocycles. The van der Waals surface area contributed by atoms with Crippen LogP contribution >= 0.6 is 15.9 Å².